The lowest BCUT2D eigenvalue weighted by molar-refractivity contribution is 0.136. The molecule has 102 valence electrons. The molecule has 0 radical (unpaired) electrons. The molecule has 0 aliphatic heterocycles. The molecule has 2 rings (SSSR count). The summed E-state index contributed by atoms with van der Waals surface area (Å²) in [5.74, 6) is 0.448. The standard InChI is InChI=1S/C14H24N2OS/c1-9(2)15-13(10(3)8-17-4)14-16-11-6-5-7-12(11)18-14/h9-10,13,15H,5-8H2,1-4H3. The van der Waals surface area contributed by atoms with Gasteiger partial charge in [0.25, 0.3) is 0 Å². The van der Waals surface area contributed by atoms with Crippen LogP contribution in [-0.2, 0) is 17.6 Å². The Hall–Kier alpha value is -0.450. The molecular weight excluding hydrogens is 244 g/mol. The van der Waals surface area contributed by atoms with E-state index in [4.69, 9.17) is 9.72 Å². The Labute approximate surface area is 114 Å². The summed E-state index contributed by atoms with van der Waals surface area (Å²) in [5, 5.41) is 4.89. The van der Waals surface area contributed by atoms with E-state index in [0.29, 0.717) is 18.0 Å². The molecule has 3 nitrogen and oxygen atoms in total. The van der Waals surface area contributed by atoms with Crippen LogP contribution in [0.1, 0.15) is 48.8 Å². The van der Waals surface area contributed by atoms with Crippen molar-refractivity contribution in [3.63, 3.8) is 0 Å². The number of hydrogen-bond donors (Lipinski definition) is 1. The third-order valence-electron chi connectivity index (χ3n) is 3.39. The molecule has 2 atom stereocenters. The van der Waals surface area contributed by atoms with Crippen molar-refractivity contribution in [2.24, 2.45) is 5.92 Å². The maximum absolute atomic E-state index is 5.30. The molecule has 0 saturated heterocycles. The van der Waals surface area contributed by atoms with Gasteiger partial charge in [-0.25, -0.2) is 4.98 Å². The van der Waals surface area contributed by atoms with Crippen LogP contribution in [0, 0.1) is 5.92 Å². The second-order valence-corrected chi connectivity index (χ2v) is 6.62. The number of hydrogen-bond acceptors (Lipinski definition) is 4. The van der Waals surface area contributed by atoms with Crippen LogP contribution in [0.15, 0.2) is 0 Å². The number of aryl methyl sites for hydroxylation is 2. The quantitative estimate of drug-likeness (QED) is 0.861. The third kappa shape index (κ3) is 3.11. The molecule has 0 amide bonds. The van der Waals surface area contributed by atoms with Crippen LogP contribution in [0.4, 0.5) is 0 Å². The van der Waals surface area contributed by atoms with E-state index in [1.54, 1.807) is 7.11 Å². The topological polar surface area (TPSA) is 34.1 Å². The third-order valence-corrected chi connectivity index (χ3v) is 4.63. The first-order valence-corrected chi connectivity index (χ1v) is 7.67. The highest BCUT2D eigenvalue weighted by atomic mass is 32.1. The summed E-state index contributed by atoms with van der Waals surface area (Å²) in [5.41, 5.74) is 1.34. The van der Waals surface area contributed by atoms with E-state index in [1.807, 2.05) is 11.3 Å². The van der Waals surface area contributed by atoms with Gasteiger partial charge in [-0.05, 0) is 19.3 Å². The number of nitrogens with zero attached hydrogens (tertiary/aromatic N) is 1. The molecule has 1 aromatic rings. The van der Waals surface area contributed by atoms with Gasteiger partial charge in [-0.15, -0.1) is 11.3 Å². The van der Waals surface area contributed by atoms with Crippen LogP contribution in [0.2, 0.25) is 0 Å². The van der Waals surface area contributed by atoms with Crippen molar-refractivity contribution in [3.8, 4) is 0 Å². The van der Waals surface area contributed by atoms with Crippen LogP contribution < -0.4 is 5.32 Å². The minimum absolute atomic E-state index is 0.320. The van der Waals surface area contributed by atoms with Crippen LogP contribution >= 0.6 is 11.3 Å². The van der Waals surface area contributed by atoms with Crippen LogP contribution in [0.3, 0.4) is 0 Å². The Bertz CT molecular complexity index is 368. The fourth-order valence-electron chi connectivity index (χ4n) is 2.54. The van der Waals surface area contributed by atoms with Gasteiger partial charge in [0.15, 0.2) is 0 Å². The summed E-state index contributed by atoms with van der Waals surface area (Å²) in [6.45, 7) is 7.38. The van der Waals surface area contributed by atoms with Crippen molar-refractivity contribution in [2.75, 3.05) is 13.7 Å². The molecule has 0 fully saturated rings. The minimum Gasteiger partial charge on any atom is -0.384 e. The molecule has 18 heavy (non-hydrogen) atoms. The van der Waals surface area contributed by atoms with Gasteiger partial charge in [0, 0.05) is 23.9 Å². The average molecular weight is 268 g/mol. The summed E-state index contributed by atoms with van der Waals surface area (Å²) in [6, 6.07) is 0.786. The summed E-state index contributed by atoms with van der Waals surface area (Å²) in [4.78, 5) is 6.35. The number of aromatic nitrogens is 1. The lowest BCUT2D eigenvalue weighted by Gasteiger charge is -2.25. The molecule has 0 aromatic carbocycles. The molecule has 1 aliphatic carbocycles. The molecule has 1 N–H and O–H groups in total. The van der Waals surface area contributed by atoms with E-state index >= 15 is 0 Å². The number of ether oxygens (including phenoxy) is 1. The Morgan fingerprint density at radius 3 is 2.72 bits per heavy atom. The van der Waals surface area contributed by atoms with E-state index in [1.165, 1.54) is 34.8 Å². The molecule has 1 aliphatic rings. The maximum atomic E-state index is 5.30. The Kier molecular flexibility index (Phi) is 4.76. The lowest BCUT2D eigenvalue weighted by Crippen LogP contribution is -2.34. The second-order valence-electron chi connectivity index (χ2n) is 5.51. The molecule has 4 heteroatoms. The van der Waals surface area contributed by atoms with Gasteiger partial charge in [0.2, 0.25) is 0 Å². The highest BCUT2D eigenvalue weighted by Crippen LogP contribution is 2.33. The molecule has 2 unspecified atom stereocenters. The van der Waals surface area contributed by atoms with Gasteiger partial charge in [-0.3, -0.25) is 0 Å². The molecule has 0 bridgehead atoms. The van der Waals surface area contributed by atoms with Crippen molar-refractivity contribution in [1.82, 2.24) is 10.3 Å². The van der Waals surface area contributed by atoms with E-state index < -0.39 is 0 Å². The molecule has 0 spiro atoms. The van der Waals surface area contributed by atoms with Crippen LogP contribution in [-0.4, -0.2) is 24.7 Å². The van der Waals surface area contributed by atoms with Crippen molar-refractivity contribution in [3.05, 3.63) is 15.6 Å². The second kappa shape index (κ2) is 6.13. The molecule has 0 saturated carbocycles. The van der Waals surface area contributed by atoms with Crippen LogP contribution in [0.5, 0.6) is 0 Å². The first-order chi connectivity index (χ1) is 8.61. The summed E-state index contributed by atoms with van der Waals surface area (Å²) in [7, 11) is 1.77. The minimum atomic E-state index is 0.320. The zero-order chi connectivity index (χ0) is 13.1. The maximum Gasteiger partial charge on any atom is 0.110 e. The average Bonchev–Trinajstić information content (AvgIpc) is 2.85. The zero-order valence-corrected chi connectivity index (χ0v) is 12.6. The normalized spacial score (nSPS) is 18.1. The predicted molar refractivity (Wildman–Crippen MR) is 76.2 cm³/mol. The summed E-state index contributed by atoms with van der Waals surface area (Å²) >= 11 is 1.90. The summed E-state index contributed by atoms with van der Waals surface area (Å²) in [6.07, 6.45) is 3.67. The SMILES string of the molecule is COCC(C)C(NC(C)C)c1nc2c(s1)CCC2. The van der Waals surface area contributed by atoms with Crippen molar-refractivity contribution in [2.45, 2.75) is 52.1 Å². The predicted octanol–water partition coefficient (Wildman–Crippen LogP) is 2.95. The highest BCUT2D eigenvalue weighted by Gasteiger charge is 2.26. The molecule has 1 heterocycles. The number of fused-ring (bicyclic) bond motifs is 1. The van der Waals surface area contributed by atoms with Crippen molar-refractivity contribution < 1.29 is 4.74 Å². The zero-order valence-electron chi connectivity index (χ0n) is 11.8. The van der Waals surface area contributed by atoms with E-state index in [-0.39, 0.29) is 0 Å². The Balaban J connectivity index is 2.16. The summed E-state index contributed by atoms with van der Waals surface area (Å²) < 4.78 is 5.30. The van der Waals surface area contributed by atoms with Gasteiger partial charge < -0.3 is 10.1 Å². The number of nitrogens with one attached hydrogen (secondary N) is 1. The van der Waals surface area contributed by atoms with Crippen molar-refractivity contribution >= 4 is 11.3 Å². The Morgan fingerprint density at radius 2 is 2.11 bits per heavy atom. The fraction of sp³-hybridized carbons (Fsp3) is 0.786. The van der Waals surface area contributed by atoms with Gasteiger partial charge in [0.1, 0.15) is 5.01 Å². The van der Waals surface area contributed by atoms with Gasteiger partial charge >= 0.3 is 0 Å². The molecular formula is C14H24N2OS. The van der Waals surface area contributed by atoms with E-state index in [0.717, 1.165) is 6.61 Å². The largest absolute Gasteiger partial charge is 0.384 e. The molecule has 1 aromatic heterocycles. The van der Waals surface area contributed by atoms with Gasteiger partial charge in [-0.1, -0.05) is 20.8 Å². The first-order valence-electron chi connectivity index (χ1n) is 6.85. The van der Waals surface area contributed by atoms with E-state index in [9.17, 15) is 0 Å². The van der Waals surface area contributed by atoms with Gasteiger partial charge in [0.05, 0.1) is 18.3 Å². The van der Waals surface area contributed by atoms with Crippen LogP contribution in [0.25, 0.3) is 0 Å². The fourth-order valence-corrected chi connectivity index (χ4v) is 3.89. The highest BCUT2D eigenvalue weighted by molar-refractivity contribution is 7.11. The van der Waals surface area contributed by atoms with Gasteiger partial charge in [-0.2, -0.15) is 0 Å². The smallest absolute Gasteiger partial charge is 0.110 e. The first kappa shape index (κ1) is 14.0. The number of methoxy groups -OCH3 is 1. The number of thiazole rings is 1. The van der Waals surface area contributed by atoms with E-state index in [2.05, 4.69) is 26.1 Å². The monoisotopic (exact) mass is 268 g/mol. The van der Waals surface area contributed by atoms with Crippen molar-refractivity contribution in [1.29, 1.82) is 0 Å². The number of rotatable bonds is 6. The lowest BCUT2D eigenvalue weighted by atomic mass is 10.0. The Morgan fingerprint density at radius 1 is 1.33 bits per heavy atom.